The molecule has 2 N–H and O–H groups in total. The molecule has 0 aromatic heterocycles. The lowest BCUT2D eigenvalue weighted by molar-refractivity contribution is -0.146. The molecule has 0 bridgehead atoms. The number of thioether (sulfide) groups is 1. The summed E-state index contributed by atoms with van der Waals surface area (Å²) < 4.78 is 23.7. The molecule has 0 fully saturated rings. The number of halogens is 1. The molecular formula is C26H25FN2O5S. The quantitative estimate of drug-likeness (QED) is 0.376. The van der Waals surface area contributed by atoms with Crippen molar-refractivity contribution in [3.63, 3.8) is 0 Å². The molecule has 0 spiro atoms. The molecule has 0 saturated carbocycles. The van der Waals surface area contributed by atoms with Crippen LogP contribution in [0, 0.1) is 5.82 Å². The van der Waals surface area contributed by atoms with Gasteiger partial charge in [0.05, 0.1) is 5.75 Å². The Labute approximate surface area is 207 Å². The van der Waals surface area contributed by atoms with E-state index in [1.807, 2.05) is 30.3 Å². The van der Waals surface area contributed by atoms with E-state index in [-0.39, 0.29) is 11.7 Å². The predicted octanol–water partition coefficient (Wildman–Crippen LogP) is 4.65. The lowest BCUT2D eigenvalue weighted by Gasteiger charge is -2.12. The minimum Gasteiger partial charge on any atom is -0.489 e. The number of ether oxygens (including phenoxy) is 2. The first-order valence-corrected chi connectivity index (χ1v) is 11.8. The fourth-order valence-electron chi connectivity index (χ4n) is 2.83. The summed E-state index contributed by atoms with van der Waals surface area (Å²) in [5, 5.41) is 4.61. The van der Waals surface area contributed by atoms with Gasteiger partial charge in [0.2, 0.25) is 5.91 Å². The smallest absolute Gasteiger partial charge is 0.319 e. The zero-order valence-corrected chi connectivity index (χ0v) is 19.8. The number of carbonyl (C=O) groups is 3. The van der Waals surface area contributed by atoms with E-state index in [0.717, 1.165) is 17.3 Å². The van der Waals surface area contributed by atoms with Gasteiger partial charge in [0.25, 0.3) is 5.91 Å². The van der Waals surface area contributed by atoms with Crippen LogP contribution in [0.4, 0.5) is 15.8 Å². The third-order valence-corrected chi connectivity index (χ3v) is 5.78. The van der Waals surface area contributed by atoms with E-state index in [2.05, 4.69) is 10.6 Å². The topological polar surface area (TPSA) is 93.7 Å². The normalized spacial score (nSPS) is 11.3. The number of rotatable bonds is 11. The Hall–Kier alpha value is -3.85. The number of benzene rings is 3. The van der Waals surface area contributed by atoms with Crippen molar-refractivity contribution in [1.29, 1.82) is 0 Å². The van der Waals surface area contributed by atoms with Gasteiger partial charge in [0, 0.05) is 11.4 Å². The van der Waals surface area contributed by atoms with Crippen LogP contribution in [0.15, 0.2) is 78.9 Å². The van der Waals surface area contributed by atoms with Gasteiger partial charge in [-0.05, 0) is 61.0 Å². The van der Waals surface area contributed by atoms with Crippen LogP contribution in [0.25, 0.3) is 0 Å². The van der Waals surface area contributed by atoms with Gasteiger partial charge in [-0.25, -0.2) is 4.39 Å². The Kier molecular flexibility index (Phi) is 9.68. The molecule has 7 nitrogen and oxygen atoms in total. The molecule has 0 radical (unpaired) electrons. The summed E-state index contributed by atoms with van der Waals surface area (Å²) in [7, 11) is 0. The second kappa shape index (κ2) is 13.1. The van der Waals surface area contributed by atoms with Crippen LogP contribution in [-0.2, 0) is 25.7 Å². The number of esters is 1. The van der Waals surface area contributed by atoms with Gasteiger partial charge < -0.3 is 20.1 Å². The van der Waals surface area contributed by atoms with Crippen LogP contribution in [-0.4, -0.2) is 35.4 Å². The summed E-state index contributed by atoms with van der Waals surface area (Å²) in [6, 6.07) is 22.0. The molecular weight excluding hydrogens is 471 g/mol. The SMILES string of the molecule is CC(SCC(=O)Nc1ccc(F)cc1)C(=O)OCC(=O)Nc1ccc(OCc2ccccc2)cc1. The summed E-state index contributed by atoms with van der Waals surface area (Å²) in [5.41, 5.74) is 2.05. The molecule has 1 unspecified atom stereocenters. The Morgan fingerprint density at radius 2 is 1.46 bits per heavy atom. The largest absolute Gasteiger partial charge is 0.489 e. The van der Waals surface area contributed by atoms with E-state index >= 15 is 0 Å². The van der Waals surface area contributed by atoms with Crippen molar-refractivity contribution in [2.75, 3.05) is 23.0 Å². The van der Waals surface area contributed by atoms with Gasteiger partial charge in [-0.15, -0.1) is 11.8 Å². The van der Waals surface area contributed by atoms with Crippen molar-refractivity contribution in [2.24, 2.45) is 0 Å². The Morgan fingerprint density at radius 3 is 2.11 bits per heavy atom. The first kappa shape index (κ1) is 25.8. The van der Waals surface area contributed by atoms with Crippen molar-refractivity contribution < 1.29 is 28.2 Å². The molecule has 3 rings (SSSR count). The molecule has 0 aliphatic heterocycles. The number of nitrogens with one attached hydrogen (secondary N) is 2. The van der Waals surface area contributed by atoms with Crippen molar-refractivity contribution >= 4 is 40.9 Å². The maximum atomic E-state index is 12.9. The summed E-state index contributed by atoms with van der Waals surface area (Å²) in [6.07, 6.45) is 0. The second-order valence-corrected chi connectivity index (χ2v) is 8.79. The van der Waals surface area contributed by atoms with Crippen LogP contribution < -0.4 is 15.4 Å². The molecule has 0 saturated heterocycles. The number of hydrogen-bond acceptors (Lipinski definition) is 6. The predicted molar refractivity (Wildman–Crippen MR) is 134 cm³/mol. The van der Waals surface area contributed by atoms with Crippen LogP contribution >= 0.6 is 11.8 Å². The highest BCUT2D eigenvalue weighted by Gasteiger charge is 2.18. The zero-order chi connectivity index (χ0) is 25.0. The minimum absolute atomic E-state index is 0.00146. The molecule has 0 aliphatic rings. The van der Waals surface area contributed by atoms with E-state index in [1.165, 1.54) is 24.3 Å². The summed E-state index contributed by atoms with van der Waals surface area (Å²) in [6.45, 7) is 1.58. The molecule has 35 heavy (non-hydrogen) atoms. The first-order chi connectivity index (χ1) is 16.9. The van der Waals surface area contributed by atoms with Gasteiger partial charge in [0.1, 0.15) is 23.4 Å². The first-order valence-electron chi connectivity index (χ1n) is 10.8. The zero-order valence-electron chi connectivity index (χ0n) is 19.0. The maximum Gasteiger partial charge on any atom is 0.319 e. The van der Waals surface area contributed by atoms with Gasteiger partial charge in [0.15, 0.2) is 6.61 Å². The summed E-state index contributed by atoms with van der Waals surface area (Å²) in [4.78, 5) is 36.2. The lowest BCUT2D eigenvalue weighted by Crippen LogP contribution is -2.26. The lowest BCUT2D eigenvalue weighted by atomic mass is 10.2. The van der Waals surface area contributed by atoms with Gasteiger partial charge in [-0.3, -0.25) is 14.4 Å². The van der Waals surface area contributed by atoms with Crippen LogP contribution in [0.3, 0.4) is 0 Å². The number of anilines is 2. The monoisotopic (exact) mass is 496 g/mol. The molecule has 3 aromatic carbocycles. The molecule has 2 amide bonds. The highest BCUT2D eigenvalue weighted by Crippen LogP contribution is 2.18. The van der Waals surface area contributed by atoms with E-state index in [9.17, 15) is 18.8 Å². The third-order valence-electron chi connectivity index (χ3n) is 4.66. The summed E-state index contributed by atoms with van der Waals surface area (Å²) in [5.74, 6) is -1.17. The van der Waals surface area contributed by atoms with Crippen molar-refractivity contribution in [3.8, 4) is 5.75 Å². The van der Waals surface area contributed by atoms with E-state index in [0.29, 0.717) is 23.7 Å². The maximum absolute atomic E-state index is 12.9. The number of amides is 2. The summed E-state index contributed by atoms with van der Waals surface area (Å²) >= 11 is 1.07. The number of hydrogen-bond donors (Lipinski definition) is 2. The van der Waals surface area contributed by atoms with Crippen LogP contribution in [0.1, 0.15) is 12.5 Å². The van der Waals surface area contributed by atoms with Gasteiger partial charge in [-0.2, -0.15) is 0 Å². The Bertz CT molecular complexity index is 1120. The minimum atomic E-state index is -0.650. The Balaban J connectivity index is 1.34. The van der Waals surface area contributed by atoms with Crippen LogP contribution in [0.5, 0.6) is 5.75 Å². The van der Waals surface area contributed by atoms with E-state index < -0.39 is 29.6 Å². The van der Waals surface area contributed by atoms with Crippen molar-refractivity contribution in [2.45, 2.75) is 18.8 Å². The molecule has 0 heterocycles. The second-order valence-electron chi connectivity index (χ2n) is 7.46. The molecule has 9 heteroatoms. The van der Waals surface area contributed by atoms with Gasteiger partial charge >= 0.3 is 5.97 Å². The van der Waals surface area contributed by atoms with Crippen molar-refractivity contribution in [3.05, 3.63) is 90.2 Å². The van der Waals surface area contributed by atoms with Gasteiger partial charge in [-0.1, -0.05) is 30.3 Å². The average Bonchev–Trinajstić information content (AvgIpc) is 2.87. The average molecular weight is 497 g/mol. The fourth-order valence-corrected chi connectivity index (χ4v) is 3.50. The van der Waals surface area contributed by atoms with Crippen LogP contribution in [0.2, 0.25) is 0 Å². The molecule has 3 aromatic rings. The van der Waals surface area contributed by atoms with Crippen molar-refractivity contribution in [1.82, 2.24) is 0 Å². The third kappa shape index (κ3) is 9.13. The standard InChI is InChI=1S/C26H25FN2O5S/c1-18(35-17-25(31)29-21-9-7-20(27)8-10-21)26(32)34-16-24(30)28-22-11-13-23(14-12-22)33-15-19-5-3-2-4-6-19/h2-14,18H,15-17H2,1H3,(H,28,30)(H,29,31). The molecule has 1 atom stereocenters. The molecule has 182 valence electrons. The highest BCUT2D eigenvalue weighted by atomic mass is 32.2. The van der Waals surface area contributed by atoms with E-state index in [4.69, 9.17) is 9.47 Å². The fraction of sp³-hybridized carbons (Fsp3) is 0.192. The number of carbonyl (C=O) groups excluding carboxylic acids is 3. The van der Waals surface area contributed by atoms with E-state index in [1.54, 1.807) is 31.2 Å². The Morgan fingerprint density at radius 1 is 0.857 bits per heavy atom. The highest BCUT2D eigenvalue weighted by molar-refractivity contribution is 8.01. The molecule has 0 aliphatic carbocycles.